The number of nitrogens with one attached hydrogen (secondary N) is 1. The first kappa shape index (κ1) is 14.2. The van der Waals surface area contributed by atoms with E-state index in [9.17, 15) is 4.79 Å². The summed E-state index contributed by atoms with van der Waals surface area (Å²) in [5.41, 5.74) is 1.50. The molecule has 1 heterocycles. The molecular weight excluding hydrogens is 256 g/mol. The standard InChI is InChI=1S/C14H18N4O2/c1-11(8-19)6-16-14(20)13-5-3-2-4-12(13)7-18-10-15-9-17-18/h2-5,9-11,19H,6-8H2,1H3,(H,16,20). The maximum Gasteiger partial charge on any atom is 0.251 e. The van der Waals surface area contributed by atoms with Crippen LogP contribution in [0.1, 0.15) is 22.8 Å². The second-order valence-corrected chi connectivity index (χ2v) is 4.75. The summed E-state index contributed by atoms with van der Waals surface area (Å²) in [5, 5.41) is 15.8. The molecule has 106 valence electrons. The fraction of sp³-hybridized carbons (Fsp3) is 0.357. The van der Waals surface area contributed by atoms with E-state index in [-0.39, 0.29) is 18.4 Å². The van der Waals surface area contributed by atoms with E-state index in [1.165, 1.54) is 6.33 Å². The Bertz CT molecular complexity index is 554. The van der Waals surface area contributed by atoms with E-state index in [1.54, 1.807) is 17.1 Å². The van der Waals surface area contributed by atoms with Crippen LogP contribution >= 0.6 is 0 Å². The molecule has 0 aliphatic heterocycles. The molecule has 0 aliphatic carbocycles. The zero-order chi connectivity index (χ0) is 14.4. The minimum Gasteiger partial charge on any atom is -0.396 e. The zero-order valence-electron chi connectivity index (χ0n) is 11.4. The van der Waals surface area contributed by atoms with Crippen molar-refractivity contribution < 1.29 is 9.90 Å². The summed E-state index contributed by atoms with van der Waals surface area (Å²) in [4.78, 5) is 16.1. The first-order valence-corrected chi connectivity index (χ1v) is 6.50. The number of carbonyl (C=O) groups excluding carboxylic acids is 1. The molecule has 0 saturated carbocycles. The molecule has 6 heteroatoms. The molecule has 1 aromatic heterocycles. The Balaban J connectivity index is 2.09. The maximum atomic E-state index is 12.2. The van der Waals surface area contributed by atoms with Gasteiger partial charge in [-0.05, 0) is 17.5 Å². The monoisotopic (exact) mass is 274 g/mol. The highest BCUT2D eigenvalue weighted by molar-refractivity contribution is 5.95. The predicted octanol–water partition coefficient (Wildman–Crippen LogP) is 0.685. The first-order valence-electron chi connectivity index (χ1n) is 6.50. The average molecular weight is 274 g/mol. The minimum absolute atomic E-state index is 0.0430. The van der Waals surface area contributed by atoms with Crippen LogP contribution in [0.25, 0.3) is 0 Å². The molecule has 1 aromatic carbocycles. The van der Waals surface area contributed by atoms with Crippen LogP contribution in [0.15, 0.2) is 36.9 Å². The molecule has 0 fully saturated rings. The highest BCUT2D eigenvalue weighted by atomic mass is 16.3. The van der Waals surface area contributed by atoms with Gasteiger partial charge in [-0.1, -0.05) is 25.1 Å². The van der Waals surface area contributed by atoms with E-state index >= 15 is 0 Å². The molecule has 0 bridgehead atoms. The Kier molecular flexibility index (Phi) is 4.84. The van der Waals surface area contributed by atoms with E-state index in [2.05, 4.69) is 15.4 Å². The highest BCUT2D eigenvalue weighted by Gasteiger charge is 2.12. The van der Waals surface area contributed by atoms with Gasteiger partial charge in [0.1, 0.15) is 12.7 Å². The molecule has 1 unspecified atom stereocenters. The van der Waals surface area contributed by atoms with Gasteiger partial charge in [0.25, 0.3) is 5.91 Å². The van der Waals surface area contributed by atoms with Gasteiger partial charge in [0.15, 0.2) is 0 Å². The molecule has 6 nitrogen and oxygen atoms in total. The average Bonchev–Trinajstić information content (AvgIpc) is 2.98. The van der Waals surface area contributed by atoms with Crippen molar-refractivity contribution in [3.05, 3.63) is 48.0 Å². The van der Waals surface area contributed by atoms with Crippen molar-refractivity contribution in [3.8, 4) is 0 Å². The van der Waals surface area contributed by atoms with E-state index in [0.717, 1.165) is 5.56 Å². The van der Waals surface area contributed by atoms with Crippen molar-refractivity contribution in [1.29, 1.82) is 0 Å². The lowest BCUT2D eigenvalue weighted by Gasteiger charge is -2.12. The lowest BCUT2D eigenvalue weighted by molar-refractivity contribution is 0.0941. The summed E-state index contributed by atoms with van der Waals surface area (Å²) in [6.45, 7) is 2.88. The number of benzene rings is 1. The second kappa shape index (κ2) is 6.81. The number of carbonyl (C=O) groups is 1. The van der Waals surface area contributed by atoms with Gasteiger partial charge in [0.2, 0.25) is 0 Å². The smallest absolute Gasteiger partial charge is 0.251 e. The summed E-state index contributed by atoms with van der Waals surface area (Å²) in [6, 6.07) is 7.39. The van der Waals surface area contributed by atoms with Gasteiger partial charge in [-0.2, -0.15) is 5.10 Å². The molecule has 20 heavy (non-hydrogen) atoms. The summed E-state index contributed by atoms with van der Waals surface area (Å²) < 4.78 is 1.67. The highest BCUT2D eigenvalue weighted by Crippen LogP contribution is 2.10. The lowest BCUT2D eigenvalue weighted by Crippen LogP contribution is -2.30. The molecule has 0 saturated heterocycles. The first-order chi connectivity index (χ1) is 9.70. The van der Waals surface area contributed by atoms with Gasteiger partial charge in [0.05, 0.1) is 6.54 Å². The van der Waals surface area contributed by atoms with Gasteiger partial charge < -0.3 is 10.4 Å². The van der Waals surface area contributed by atoms with E-state index in [0.29, 0.717) is 18.7 Å². The van der Waals surface area contributed by atoms with Crippen molar-refractivity contribution in [2.75, 3.05) is 13.2 Å². The Labute approximate surface area is 117 Å². The maximum absolute atomic E-state index is 12.2. The molecule has 2 aromatic rings. The lowest BCUT2D eigenvalue weighted by atomic mass is 10.1. The van der Waals surface area contributed by atoms with Crippen LogP contribution in [0.2, 0.25) is 0 Å². The van der Waals surface area contributed by atoms with Gasteiger partial charge in [0, 0.05) is 18.7 Å². The van der Waals surface area contributed by atoms with E-state index in [4.69, 9.17) is 5.11 Å². The van der Waals surface area contributed by atoms with E-state index < -0.39 is 0 Å². The fourth-order valence-electron chi connectivity index (χ4n) is 1.80. The van der Waals surface area contributed by atoms with Crippen molar-refractivity contribution in [2.45, 2.75) is 13.5 Å². The third kappa shape index (κ3) is 3.64. The Morgan fingerprint density at radius 2 is 2.25 bits per heavy atom. The number of nitrogens with zero attached hydrogens (tertiary/aromatic N) is 3. The summed E-state index contributed by atoms with van der Waals surface area (Å²) in [5.74, 6) is -0.0950. The quantitative estimate of drug-likeness (QED) is 0.812. The van der Waals surface area contributed by atoms with Crippen molar-refractivity contribution in [1.82, 2.24) is 20.1 Å². The number of rotatable bonds is 6. The van der Waals surface area contributed by atoms with Crippen molar-refractivity contribution in [2.24, 2.45) is 5.92 Å². The van der Waals surface area contributed by atoms with Crippen LogP contribution in [-0.2, 0) is 6.54 Å². The second-order valence-electron chi connectivity index (χ2n) is 4.75. The number of aromatic nitrogens is 3. The molecule has 0 aliphatic rings. The Morgan fingerprint density at radius 3 is 2.95 bits per heavy atom. The molecule has 1 amide bonds. The van der Waals surface area contributed by atoms with Crippen LogP contribution in [0.5, 0.6) is 0 Å². The van der Waals surface area contributed by atoms with Crippen LogP contribution in [0.4, 0.5) is 0 Å². The largest absolute Gasteiger partial charge is 0.396 e. The topological polar surface area (TPSA) is 80.0 Å². The van der Waals surface area contributed by atoms with Crippen LogP contribution in [0, 0.1) is 5.92 Å². The number of hydrogen-bond acceptors (Lipinski definition) is 4. The van der Waals surface area contributed by atoms with Crippen LogP contribution in [-0.4, -0.2) is 38.9 Å². The van der Waals surface area contributed by atoms with Gasteiger partial charge in [-0.15, -0.1) is 0 Å². The van der Waals surface area contributed by atoms with Gasteiger partial charge >= 0.3 is 0 Å². The number of amides is 1. The van der Waals surface area contributed by atoms with E-state index in [1.807, 2.05) is 25.1 Å². The van der Waals surface area contributed by atoms with Gasteiger partial charge in [-0.25, -0.2) is 9.67 Å². The zero-order valence-corrected chi connectivity index (χ0v) is 11.4. The molecule has 1 atom stereocenters. The third-order valence-corrected chi connectivity index (χ3v) is 2.98. The summed E-state index contributed by atoms with van der Waals surface area (Å²) in [6.07, 6.45) is 3.08. The fourth-order valence-corrected chi connectivity index (χ4v) is 1.80. The normalized spacial score (nSPS) is 12.1. The SMILES string of the molecule is CC(CO)CNC(=O)c1ccccc1Cn1cncn1. The van der Waals surface area contributed by atoms with Crippen molar-refractivity contribution in [3.63, 3.8) is 0 Å². The summed E-state index contributed by atoms with van der Waals surface area (Å²) >= 11 is 0. The van der Waals surface area contributed by atoms with Crippen LogP contribution in [0.3, 0.4) is 0 Å². The molecule has 0 spiro atoms. The number of hydrogen-bond donors (Lipinski definition) is 2. The molecule has 2 N–H and O–H groups in total. The minimum atomic E-state index is -0.138. The van der Waals surface area contributed by atoms with Gasteiger partial charge in [-0.3, -0.25) is 4.79 Å². The predicted molar refractivity (Wildman–Crippen MR) is 74.1 cm³/mol. The Morgan fingerprint density at radius 1 is 1.45 bits per heavy atom. The number of aliphatic hydroxyl groups is 1. The van der Waals surface area contributed by atoms with Crippen molar-refractivity contribution >= 4 is 5.91 Å². The third-order valence-electron chi connectivity index (χ3n) is 2.98. The number of aliphatic hydroxyl groups excluding tert-OH is 1. The molecule has 2 rings (SSSR count). The summed E-state index contributed by atoms with van der Waals surface area (Å²) in [7, 11) is 0. The molecule has 0 radical (unpaired) electrons. The Hall–Kier alpha value is -2.21. The van der Waals surface area contributed by atoms with Crippen LogP contribution < -0.4 is 5.32 Å². The molecular formula is C14H18N4O2.